The molecule has 0 aliphatic carbocycles. The molecular formula is C30H38ClNO3. The van der Waals surface area contributed by atoms with Gasteiger partial charge in [-0.15, -0.1) is 12.4 Å². The van der Waals surface area contributed by atoms with Gasteiger partial charge >= 0.3 is 0 Å². The lowest BCUT2D eigenvalue weighted by Gasteiger charge is -2.26. The predicted octanol–water partition coefficient (Wildman–Crippen LogP) is 7.19. The van der Waals surface area contributed by atoms with Gasteiger partial charge in [0.15, 0.2) is 5.78 Å². The van der Waals surface area contributed by atoms with E-state index in [1.807, 2.05) is 36.4 Å². The van der Waals surface area contributed by atoms with Crippen molar-refractivity contribution in [2.75, 3.05) is 26.2 Å². The lowest BCUT2D eigenvalue weighted by molar-refractivity contribution is 0.103. The molecule has 188 valence electrons. The maximum atomic E-state index is 13.7. The van der Waals surface area contributed by atoms with Crippen LogP contribution in [0, 0.1) is 0 Å². The fourth-order valence-corrected chi connectivity index (χ4v) is 4.90. The number of carbonyl (C=O) groups is 1. The van der Waals surface area contributed by atoms with E-state index >= 15 is 0 Å². The van der Waals surface area contributed by atoms with Crippen LogP contribution < -0.4 is 4.74 Å². The predicted molar refractivity (Wildman–Crippen MR) is 146 cm³/mol. The molecule has 0 radical (unpaired) electrons. The van der Waals surface area contributed by atoms with Crippen LogP contribution in [0.25, 0.3) is 10.8 Å². The summed E-state index contributed by atoms with van der Waals surface area (Å²) in [6.07, 6.45) is 9.43. The van der Waals surface area contributed by atoms with Crippen LogP contribution in [0.15, 0.2) is 54.6 Å². The number of fused-ring (bicyclic) bond motifs is 1. The SMILES string of the molecule is CCCCCCc1ccc2cc(O)ccc2c1C(=O)c1ccc(OCCN2CCCCC2)cc1.Cl. The number of likely N-dealkylation sites (tertiary alicyclic amines) is 1. The largest absolute Gasteiger partial charge is 0.508 e. The summed E-state index contributed by atoms with van der Waals surface area (Å²) >= 11 is 0. The number of unbranched alkanes of at least 4 members (excludes halogenated alkanes) is 3. The van der Waals surface area contributed by atoms with Gasteiger partial charge in [-0.2, -0.15) is 0 Å². The summed E-state index contributed by atoms with van der Waals surface area (Å²) in [6.45, 7) is 6.16. The van der Waals surface area contributed by atoms with E-state index in [2.05, 4.69) is 17.9 Å². The van der Waals surface area contributed by atoms with Gasteiger partial charge in [0.25, 0.3) is 0 Å². The summed E-state index contributed by atoms with van der Waals surface area (Å²) < 4.78 is 5.95. The van der Waals surface area contributed by atoms with Crippen LogP contribution >= 0.6 is 12.4 Å². The Kier molecular flexibility index (Phi) is 10.4. The highest BCUT2D eigenvalue weighted by Gasteiger charge is 2.18. The molecule has 1 N–H and O–H groups in total. The van der Waals surface area contributed by atoms with E-state index in [1.54, 1.807) is 12.1 Å². The number of hydrogen-bond acceptors (Lipinski definition) is 4. The van der Waals surface area contributed by atoms with Gasteiger partial charge in [-0.1, -0.05) is 44.7 Å². The summed E-state index contributed by atoms with van der Waals surface area (Å²) in [5.41, 5.74) is 2.51. The van der Waals surface area contributed by atoms with Crippen molar-refractivity contribution in [2.24, 2.45) is 0 Å². The molecule has 0 amide bonds. The molecule has 4 rings (SSSR count). The van der Waals surface area contributed by atoms with Crippen molar-refractivity contribution in [1.82, 2.24) is 4.90 Å². The summed E-state index contributed by atoms with van der Waals surface area (Å²) in [4.78, 5) is 16.1. The standard InChI is InChI=1S/C30H37NO3.ClH/c1-2-3-4-6-9-23-10-11-25-22-26(32)14-17-28(25)29(23)30(33)24-12-15-27(16-13-24)34-21-20-31-18-7-5-8-19-31;/h10-17,22,32H,2-9,18-21H2,1H3;1H. The highest BCUT2D eigenvalue weighted by Crippen LogP contribution is 2.29. The third-order valence-corrected chi connectivity index (χ3v) is 6.86. The van der Waals surface area contributed by atoms with Crippen LogP contribution in [0.5, 0.6) is 11.5 Å². The van der Waals surface area contributed by atoms with E-state index in [0.29, 0.717) is 12.2 Å². The number of ether oxygens (including phenoxy) is 1. The summed E-state index contributed by atoms with van der Waals surface area (Å²) in [5, 5.41) is 11.7. The quantitative estimate of drug-likeness (QED) is 0.226. The van der Waals surface area contributed by atoms with E-state index in [1.165, 1.54) is 51.6 Å². The number of phenols is 1. The Morgan fingerprint density at radius 2 is 1.71 bits per heavy atom. The summed E-state index contributed by atoms with van der Waals surface area (Å²) in [5.74, 6) is 1.05. The second-order valence-corrected chi connectivity index (χ2v) is 9.42. The molecule has 1 heterocycles. The van der Waals surface area contributed by atoms with Gasteiger partial charge in [-0.3, -0.25) is 9.69 Å². The Labute approximate surface area is 215 Å². The highest BCUT2D eigenvalue weighted by molar-refractivity contribution is 6.17. The minimum absolute atomic E-state index is 0. The molecule has 4 nitrogen and oxygen atoms in total. The van der Waals surface area contributed by atoms with Gasteiger partial charge in [-0.05, 0) is 97.6 Å². The number of carbonyl (C=O) groups excluding carboxylic acids is 1. The first-order valence-electron chi connectivity index (χ1n) is 12.9. The Balaban J connectivity index is 0.00000342. The van der Waals surface area contributed by atoms with Gasteiger partial charge in [0.1, 0.15) is 18.1 Å². The average molecular weight is 496 g/mol. The number of rotatable bonds is 11. The third kappa shape index (κ3) is 7.22. The van der Waals surface area contributed by atoms with Gasteiger partial charge in [-0.25, -0.2) is 0 Å². The molecule has 0 spiro atoms. The second kappa shape index (κ2) is 13.5. The zero-order valence-corrected chi connectivity index (χ0v) is 21.6. The number of halogens is 1. The molecule has 35 heavy (non-hydrogen) atoms. The summed E-state index contributed by atoms with van der Waals surface area (Å²) in [7, 11) is 0. The van der Waals surface area contributed by atoms with Crippen LogP contribution in [0.2, 0.25) is 0 Å². The normalized spacial score (nSPS) is 14.0. The van der Waals surface area contributed by atoms with Crippen LogP contribution in [0.4, 0.5) is 0 Å². The molecule has 1 aliphatic heterocycles. The molecule has 1 saturated heterocycles. The van der Waals surface area contributed by atoms with Crippen molar-refractivity contribution >= 4 is 29.0 Å². The number of nitrogens with zero attached hydrogens (tertiary/aromatic N) is 1. The molecule has 0 bridgehead atoms. The first-order chi connectivity index (χ1) is 16.7. The first-order valence-corrected chi connectivity index (χ1v) is 12.9. The molecule has 0 unspecified atom stereocenters. The van der Waals surface area contributed by atoms with Gasteiger partial charge in [0.05, 0.1) is 0 Å². The van der Waals surface area contributed by atoms with Crippen molar-refractivity contribution in [3.8, 4) is 11.5 Å². The van der Waals surface area contributed by atoms with Crippen LogP contribution in [-0.4, -0.2) is 42.0 Å². The molecule has 5 heteroatoms. The number of aromatic hydroxyl groups is 1. The van der Waals surface area contributed by atoms with Gasteiger partial charge in [0.2, 0.25) is 0 Å². The van der Waals surface area contributed by atoms with E-state index in [9.17, 15) is 9.90 Å². The Morgan fingerprint density at radius 1 is 0.943 bits per heavy atom. The molecule has 1 fully saturated rings. The Hall–Kier alpha value is -2.56. The lowest BCUT2D eigenvalue weighted by Crippen LogP contribution is -2.33. The third-order valence-electron chi connectivity index (χ3n) is 6.86. The maximum Gasteiger partial charge on any atom is 0.193 e. The van der Waals surface area contributed by atoms with E-state index < -0.39 is 0 Å². The fourth-order valence-electron chi connectivity index (χ4n) is 4.90. The molecule has 3 aromatic rings. The minimum atomic E-state index is 0. The van der Waals surface area contributed by atoms with E-state index in [4.69, 9.17) is 4.74 Å². The zero-order valence-electron chi connectivity index (χ0n) is 20.8. The lowest BCUT2D eigenvalue weighted by atomic mass is 9.90. The van der Waals surface area contributed by atoms with E-state index in [-0.39, 0.29) is 23.9 Å². The van der Waals surface area contributed by atoms with Crippen molar-refractivity contribution in [2.45, 2.75) is 58.3 Å². The van der Waals surface area contributed by atoms with Crippen molar-refractivity contribution in [1.29, 1.82) is 0 Å². The topological polar surface area (TPSA) is 49.8 Å². The molecule has 0 saturated carbocycles. The van der Waals surface area contributed by atoms with Gasteiger partial charge < -0.3 is 9.84 Å². The first kappa shape index (κ1) is 27.0. The molecule has 0 atom stereocenters. The summed E-state index contributed by atoms with van der Waals surface area (Å²) in [6, 6.07) is 16.9. The number of aryl methyl sites for hydroxylation is 1. The monoisotopic (exact) mass is 495 g/mol. The number of piperidine rings is 1. The highest BCUT2D eigenvalue weighted by atomic mass is 35.5. The molecule has 1 aliphatic rings. The minimum Gasteiger partial charge on any atom is -0.508 e. The van der Waals surface area contributed by atoms with Gasteiger partial charge in [0, 0.05) is 17.7 Å². The number of benzene rings is 3. The van der Waals surface area contributed by atoms with Crippen LogP contribution in [-0.2, 0) is 6.42 Å². The second-order valence-electron chi connectivity index (χ2n) is 9.42. The van der Waals surface area contributed by atoms with E-state index in [0.717, 1.165) is 47.0 Å². The fraction of sp³-hybridized carbons (Fsp3) is 0.433. The number of hydrogen-bond donors (Lipinski definition) is 1. The van der Waals surface area contributed by atoms with Crippen LogP contribution in [0.1, 0.15) is 73.4 Å². The molecule has 3 aromatic carbocycles. The van der Waals surface area contributed by atoms with Crippen molar-refractivity contribution < 1.29 is 14.6 Å². The van der Waals surface area contributed by atoms with Crippen LogP contribution in [0.3, 0.4) is 0 Å². The number of phenolic OH excluding ortho intramolecular Hbond substituents is 1. The van der Waals surface area contributed by atoms with Crippen molar-refractivity contribution in [3.63, 3.8) is 0 Å². The molecule has 0 aromatic heterocycles. The Morgan fingerprint density at radius 3 is 2.46 bits per heavy atom. The Bertz CT molecular complexity index is 1090. The molecular weight excluding hydrogens is 458 g/mol. The average Bonchev–Trinajstić information content (AvgIpc) is 2.87. The maximum absolute atomic E-state index is 13.7. The van der Waals surface area contributed by atoms with Crippen molar-refractivity contribution in [3.05, 3.63) is 71.3 Å². The smallest absolute Gasteiger partial charge is 0.193 e. The zero-order chi connectivity index (χ0) is 23.8. The number of ketones is 1.